The molecule has 0 saturated carbocycles. The Kier molecular flexibility index (Phi) is 8.63. The van der Waals surface area contributed by atoms with Crippen molar-refractivity contribution in [3.05, 3.63) is 66.0 Å². The van der Waals surface area contributed by atoms with Crippen LogP contribution in [0.1, 0.15) is 63.0 Å². The molecule has 4 rings (SSSR count). The van der Waals surface area contributed by atoms with Crippen molar-refractivity contribution in [1.82, 2.24) is 14.8 Å². The molecule has 5 nitrogen and oxygen atoms in total. The first-order valence-electron chi connectivity index (χ1n) is 11.6. The second kappa shape index (κ2) is 11.6. The van der Waals surface area contributed by atoms with Crippen LogP contribution in [0, 0.1) is 5.92 Å². The molecule has 2 saturated heterocycles. The van der Waals surface area contributed by atoms with Gasteiger partial charge in [-0.3, -0.25) is 14.6 Å². The van der Waals surface area contributed by atoms with Crippen LogP contribution < -0.4 is 0 Å². The first-order chi connectivity index (χ1) is 15.1. The van der Waals surface area contributed by atoms with E-state index in [0.29, 0.717) is 25.4 Å². The number of aromatic nitrogens is 1. The smallest absolute Gasteiger partial charge is 0.227 e. The normalized spacial score (nSPS) is 19.2. The number of piperidine rings is 1. The molecule has 166 valence electrons. The van der Waals surface area contributed by atoms with E-state index in [-0.39, 0.29) is 17.7 Å². The molecular formula is C26H35N3O2. The van der Waals surface area contributed by atoms with Crippen LogP contribution in [-0.4, -0.2) is 46.2 Å². The summed E-state index contributed by atoms with van der Waals surface area (Å²) < 4.78 is 0. The average Bonchev–Trinajstić information content (AvgIpc) is 3.20. The average molecular weight is 422 g/mol. The standard InChI is InChI=1S/C22H25N3O2.C4H10/c26-21-14-20(16-25(21)15-17-6-10-23-11-7-17)22(27)24-12-8-19(9-13-24)18-4-2-1-3-5-18;1-3-4-2/h1-7,10-11,19-20H,8-9,12-16H2;3-4H2,1-2H3. The zero-order valence-electron chi connectivity index (χ0n) is 18.9. The van der Waals surface area contributed by atoms with Gasteiger partial charge in [-0.2, -0.15) is 0 Å². The monoisotopic (exact) mass is 421 g/mol. The molecule has 3 heterocycles. The number of pyridine rings is 1. The molecule has 0 N–H and O–H groups in total. The Morgan fingerprint density at radius 3 is 2.26 bits per heavy atom. The van der Waals surface area contributed by atoms with Crippen molar-refractivity contribution in [3.63, 3.8) is 0 Å². The van der Waals surface area contributed by atoms with Crippen molar-refractivity contribution in [3.8, 4) is 0 Å². The highest BCUT2D eigenvalue weighted by Crippen LogP contribution is 2.30. The lowest BCUT2D eigenvalue weighted by Gasteiger charge is -2.33. The van der Waals surface area contributed by atoms with E-state index in [1.807, 2.05) is 23.1 Å². The van der Waals surface area contributed by atoms with Crippen LogP contribution >= 0.6 is 0 Å². The SMILES string of the molecule is CCCC.O=C1CC(C(=O)N2CCC(c3ccccc3)CC2)CN1Cc1ccncc1. The lowest BCUT2D eigenvalue weighted by atomic mass is 9.89. The summed E-state index contributed by atoms with van der Waals surface area (Å²) in [5, 5.41) is 0. The molecule has 1 unspecified atom stereocenters. The van der Waals surface area contributed by atoms with Gasteiger partial charge in [-0.05, 0) is 42.0 Å². The van der Waals surface area contributed by atoms with E-state index in [9.17, 15) is 9.59 Å². The molecule has 2 fully saturated rings. The second-order valence-electron chi connectivity index (χ2n) is 8.54. The fourth-order valence-corrected chi connectivity index (χ4v) is 4.22. The number of hydrogen-bond donors (Lipinski definition) is 0. The third-order valence-corrected chi connectivity index (χ3v) is 6.26. The fraction of sp³-hybridized carbons (Fsp3) is 0.500. The van der Waals surface area contributed by atoms with E-state index in [2.05, 4.69) is 43.1 Å². The van der Waals surface area contributed by atoms with Crippen LogP contribution in [0.25, 0.3) is 0 Å². The van der Waals surface area contributed by atoms with Crippen molar-refractivity contribution >= 4 is 11.8 Å². The van der Waals surface area contributed by atoms with Crippen LogP contribution in [0.3, 0.4) is 0 Å². The highest BCUT2D eigenvalue weighted by atomic mass is 16.2. The number of hydrogen-bond acceptors (Lipinski definition) is 3. The third-order valence-electron chi connectivity index (χ3n) is 6.26. The van der Waals surface area contributed by atoms with Gasteiger partial charge < -0.3 is 9.80 Å². The first kappa shape index (κ1) is 23.0. The van der Waals surface area contributed by atoms with Crippen molar-refractivity contribution < 1.29 is 9.59 Å². The van der Waals surface area contributed by atoms with Crippen LogP contribution in [0.15, 0.2) is 54.9 Å². The van der Waals surface area contributed by atoms with Gasteiger partial charge in [0.1, 0.15) is 0 Å². The van der Waals surface area contributed by atoms with Gasteiger partial charge in [0.05, 0.1) is 5.92 Å². The van der Waals surface area contributed by atoms with Crippen LogP contribution in [0.5, 0.6) is 0 Å². The van der Waals surface area contributed by atoms with E-state index in [1.54, 1.807) is 17.3 Å². The van der Waals surface area contributed by atoms with Crippen LogP contribution in [0.2, 0.25) is 0 Å². The molecule has 1 aromatic carbocycles. The number of rotatable bonds is 5. The zero-order chi connectivity index (χ0) is 22.1. The molecule has 0 aliphatic carbocycles. The van der Waals surface area contributed by atoms with E-state index in [1.165, 1.54) is 18.4 Å². The summed E-state index contributed by atoms with van der Waals surface area (Å²) in [4.78, 5) is 33.0. The molecule has 1 atom stereocenters. The number of carbonyl (C=O) groups is 2. The lowest BCUT2D eigenvalue weighted by Crippen LogP contribution is -2.42. The molecule has 1 aromatic heterocycles. The van der Waals surface area contributed by atoms with E-state index in [4.69, 9.17) is 0 Å². The minimum Gasteiger partial charge on any atom is -0.342 e. The molecule has 0 bridgehead atoms. The second-order valence-corrected chi connectivity index (χ2v) is 8.54. The van der Waals surface area contributed by atoms with Gasteiger partial charge in [-0.1, -0.05) is 57.0 Å². The van der Waals surface area contributed by atoms with E-state index < -0.39 is 0 Å². The Labute approximate surface area is 186 Å². The quantitative estimate of drug-likeness (QED) is 0.707. The van der Waals surface area contributed by atoms with Gasteiger partial charge in [-0.25, -0.2) is 0 Å². The first-order valence-corrected chi connectivity index (χ1v) is 11.6. The molecule has 2 aliphatic rings. The summed E-state index contributed by atoms with van der Waals surface area (Å²) >= 11 is 0. The van der Waals surface area contributed by atoms with Crippen molar-refractivity contribution in [2.75, 3.05) is 19.6 Å². The maximum Gasteiger partial charge on any atom is 0.227 e. The minimum absolute atomic E-state index is 0.0735. The van der Waals surface area contributed by atoms with Gasteiger partial charge in [0, 0.05) is 45.0 Å². The third kappa shape index (κ3) is 6.39. The summed E-state index contributed by atoms with van der Waals surface area (Å²) in [6, 6.07) is 14.4. The van der Waals surface area contributed by atoms with Crippen molar-refractivity contribution in [2.24, 2.45) is 5.92 Å². The number of unbranched alkanes of at least 4 members (excludes halogenated alkanes) is 1. The van der Waals surface area contributed by atoms with Crippen molar-refractivity contribution in [2.45, 2.75) is 58.4 Å². The Bertz CT molecular complexity index is 815. The Morgan fingerprint density at radius 1 is 1.00 bits per heavy atom. The predicted octanol–water partition coefficient (Wildman–Crippen LogP) is 4.64. The molecule has 0 spiro atoms. The maximum absolute atomic E-state index is 12.9. The van der Waals surface area contributed by atoms with Gasteiger partial charge in [0.2, 0.25) is 11.8 Å². The summed E-state index contributed by atoms with van der Waals surface area (Å²) in [6.07, 6.45) is 8.43. The van der Waals surface area contributed by atoms with Gasteiger partial charge in [-0.15, -0.1) is 0 Å². The number of likely N-dealkylation sites (tertiary alicyclic amines) is 2. The topological polar surface area (TPSA) is 53.5 Å². The molecule has 0 radical (unpaired) electrons. The summed E-state index contributed by atoms with van der Waals surface area (Å²) in [5.41, 5.74) is 2.42. The number of nitrogens with zero attached hydrogens (tertiary/aromatic N) is 3. The van der Waals surface area contributed by atoms with Crippen molar-refractivity contribution in [1.29, 1.82) is 0 Å². The fourth-order valence-electron chi connectivity index (χ4n) is 4.22. The van der Waals surface area contributed by atoms with Gasteiger partial charge in [0.25, 0.3) is 0 Å². The number of carbonyl (C=O) groups excluding carboxylic acids is 2. The van der Waals surface area contributed by atoms with Crippen LogP contribution in [0.4, 0.5) is 0 Å². The summed E-state index contributed by atoms with van der Waals surface area (Å²) in [7, 11) is 0. The molecule has 2 amide bonds. The van der Waals surface area contributed by atoms with E-state index >= 15 is 0 Å². The highest BCUT2D eigenvalue weighted by Gasteiger charge is 2.37. The van der Waals surface area contributed by atoms with Gasteiger partial charge in [0.15, 0.2) is 0 Å². The number of benzene rings is 1. The Hall–Kier alpha value is -2.69. The molecule has 31 heavy (non-hydrogen) atoms. The number of amides is 2. The zero-order valence-corrected chi connectivity index (χ0v) is 18.9. The molecule has 2 aliphatic heterocycles. The Balaban J connectivity index is 0.000000628. The largest absolute Gasteiger partial charge is 0.342 e. The highest BCUT2D eigenvalue weighted by molar-refractivity contribution is 5.89. The molecule has 5 heteroatoms. The van der Waals surface area contributed by atoms with E-state index in [0.717, 1.165) is 31.5 Å². The predicted molar refractivity (Wildman–Crippen MR) is 123 cm³/mol. The Morgan fingerprint density at radius 2 is 1.65 bits per heavy atom. The van der Waals surface area contributed by atoms with Gasteiger partial charge >= 0.3 is 0 Å². The summed E-state index contributed by atoms with van der Waals surface area (Å²) in [5.74, 6) is 0.549. The molecule has 2 aromatic rings. The van der Waals surface area contributed by atoms with Crippen LogP contribution in [-0.2, 0) is 16.1 Å². The molecular weight excluding hydrogens is 386 g/mol. The minimum atomic E-state index is -0.201. The summed E-state index contributed by atoms with van der Waals surface area (Å²) in [6.45, 7) is 7.01. The maximum atomic E-state index is 12.9. The lowest BCUT2D eigenvalue weighted by molar-refractivity contribution is -0.136.